The van der Waals surface area contributed by atoms with E-state index in [-0.39, 0.29) is 43.3 Å². The van der Waals surface area contributed by atoms with Crippen molar-refractivity contribution in [2.45, 2.75) is 36.8 Å². The second-order valence-corrected chi connectivity index (χ2v) is 11.1. The van der Waals surface area contributed by atoms with E-state index >= 15 is 0 Å². The highest BCUT2D eigenvalue weighted by Gasteiger charge is 2.40. The highest BCUT2D eigenvalue weighted by atomic mass is 16.5. The summed E-state index contributed by atoms with van der Waals surface area (Å²) < 4.78 is 11.8. The van der Waals surface area contributed by atoms with Gasteiger partial charge in [-0.25, -0.2) is 0 Å². The molecule has 196 valence electrons. The highest BCUT2D eigenvalue weighted by Crippen LogP contribution is 2.35. The van der Waals surface area contributed by atoms with E-state index in [0.717, 1.165) is 27.6 Å². The average molecular weight is 523 g/mol. The number of fused-ring (bicyclic) bond motifs is 1. The predicted octanol–water partition coefficient (Wildman–Crippen LogP) is -5.09. The molecule has 2 atom stereocenters. The number of carbonyl (C=O) groups is 4. The highest BCUT2D eigenvalue weighted by molar-refractivity contribution is 6.52. The Labute approximate surface area is 232 Å². The molecule has 1 N–H and O–H groups in total. The molecule has 0 aromatic heterocycles. The van der Waals surface area contributed by atoms with E-state index in [9.17, 15) is 19.2 Å². The van der Waals surface area contributed by atoms with Crippen LogP contribution in [0.3, 0.4) is 0 Å². The van der Waals surface area contributed by atoms with Gasteiger partial charge in [-0.3, -0.25) is 24.5 Å². The van der Waals surface area contributed by atoms with Crippen molar-refractivity contribution in [2.24, 2.45) is 0 Å². The fraction of sp³-hybridized carbons (Fsp3) is 0.360. The van der Waals surface area contributed by atoms with Crippen molar-refractivity contribution in [3.63, 3.8) is 0 Å². The number of hydrogen-bond donors (Lipinski definition) is 1. The van der Waals surface area contributed by atoms with Crippen LogP contribution >= 0.6 is 0 Å². The lowest BCUT2D eigenvalue weighted by molar-refractivity contribution is -0.145. The number of piperidine rings is 1. The van der Waals surface area contributed by atoms with Crippen LogP contribution in [0.4, 0.5) is 0 Å². The van der Waals surface area contributed by atoms with Crippen molar-refractivity contribution in [1.82, 2.24) is 15.1 Å². The number of ether oxygens (including phenoxy) is 2. The second-order valence-electron chi connectivity index (χ2n) is 11.1. The number of nitrogens with zero attached hydrogens (tertiary/aromatic N) is 2. The van der Waals surface area contributed by atoms with Gasteiger partial charge in [0, 0.05) is 29.4 Å². The molecule has 0 bridgehead atoms. The molecule has 9 nitrogen and oxygen atoms in total. The van der Waals surface area contributed by atoms with Crippen LogP contribution in [0.2, 0.25) is 0 Å². The Morgan fingerprint density at radius 3 is 2.56 bits per heavy atom. The zero-order valence-electron chi connectivity index (χ0n) is 23.1. The van der Waals surface area contributed by atoms with Crippen LogP contribution in [0, 0.1) is 0 Å². The number of imide groups is 1. The third kappa shape index (κ3) is 4.79. The molecular formula is C25H30B5N3O6. The van der Waals surface area contributed by atoms with Gasteiger partial charge in [0.05, 0.1) is 19.2 Å². The first-order valence-corrected chi connectivity index (χ1v) is 13.4. The zero-order chi connectivity index (χ0) is 28.1. The molecule has 5 rings (SSSR count). The molecule has 2 aromatic carbocycles. The normalized spacial score (nSPS) is 20.6. The molecule has 3 aliphatic rings. The van der Waals surface area contributed by atoms with Crippen LogP contribution < -0.4 is 21.0 Å². The molecule has 0 saturated carbocycles. The van der Waals surface area contributed by atoms with E-state index < -0.39 is 17.3 Å². The first kappa shape index (κ1) is 27.2. The Hall–Kier alpha value is -3.40. The third-order valence-corrected chi connectivity index (χ3v) is 8.43. The third-order valence-electron chi connectivity index (χ3n) is 8.43. The van der Waals surface area contributed by atoms with Gasteiger partial charge in [-0.2, -0.15) is 0 Å². The van der Waals surface area contributed by atoms with Crippen molar-refractivity contribution in [1.29, 1.82) is 0 Å². The Kier molecular flexibility index (Phi) is 7.18. The van der Waals surface area contributed by atoms with Gasteiger partial charge in [0.25, 0.3) is 5.91 Å². The molecular weight excluding hydrogens is 492 g/mol. The molecule has 2 saturated heterocycles. The average Bonchev–Trinajstić information content (AvgIpc) is 3.22. The summed E-state index contributed by atoms with van der Waals surface area (Å²) in [5.41, 5.74) is 5.55. The molecule has 0 aliphatic carbocycles. The van der Waals surface area contributed by atoms with Gasteiger partial charge < -0.3 is 19.3 Å². The van der Waals surface area contributed by atoms with E-state index in [1.54, 1.807) is 12.1 Å². The molecule has 39 heavy (non-hydrogen) atoms. The number of rotatable bonds is 6. The fourth-order valence-corrected chi connectivity index (χ4v) is 6.12. The molecule has 2 unspecified atom stereocenters. The summed E-state index contributed by atoms with van der Waals surface area (Å²) in [6.07, 6.45) is 0.524. The van der Waals surface area contributed by atoms with Crippen LogP contribution in [-0.4, -0.2) is 98.5 Å². The molecule has 2 fully saturated rings. The molecule has 3 aliphatic heterocycles. The SMILES string of the molecule is Bc1c(C(B)Oc2cccc3c2CN(C2CCC(=O)NC2=O)C3=O)ccc(C(B)(B)N2CCOCC2=O)c1B. The maximum atomic E-state index is 13.2. The summed E-state index contributed by atoms with van der Waals surface area (Å²) in [7, 11) is 10.2. The predicted molar refractivity (Wildman–Crippen MR) is 158 cm³/mol. The number of hydrogen-bond acceptors (Lipinski definition) is 6. The van der Waals surface area contributed by atoms with E-state index in [1.165, 1.54) is 4.90 Å². The zero-order valence-corrected chi connectivity index (χ0v) is 23.1. The van der Waals surface area contributed by atoms with Gasteiger partial charge in [0.15, 0.2) is 7.85 Å². The van der Waals surface area contributed by atoms with Crippen molar-refractivity contribution >= 4 is 73.8 Å². The minimum absolute atomic E-state index is 0.0112. The fourth-order valence-electron chi connectivity index (χ4n) is 6.12. The lowest BCUT2D eigenvalue weighted by atomic mass is 9.53. The van der Waals surface area contributed by atoms with Gasteiger partial charge in [-0.1, -0.05) is 29.1 Å². The lowest BCUT2D eigenvalue weighted by Crippen LogP contribution is -2.58. The maximum absolute atomic E-state index is 13.2. The summed E-state index contributed by atoms with van der Waals surface area (Å²) in [6, 6.07) is 8.53. The summed E-state index contributed by atoms with van der Waals surface area (Å²) in [4.78, 5) is 53.2. The van der Waals surface area contributed by atoms with Crippen molar-refractivity contribution < 1.29 is 28.7 Å². The van der Waals surface area contributed by atoms with E-state index in [4.69, 9.17) is 9.47 Å². The largest absolute Gasteiger partial charge is 0.495 e. The van der Waals surface area contributed by atoms with Gasteiger partial charge >= 0.3 is 0 Å². The smallest absolute Gasteiger partial charge is 0.255 e. The molecule has 0 spiro atoms. The molecule has 0 radical (unpaired) electrons. The van der Waals surface area contributed by atoms with Gasteiger partial charge in [-0.05, 0) is 29.7 Å². The van der Waals surface area contributed by atoms with Crippen LogP contribution in [-0.2, 0) is 31.0 Å². The quantitative estimate of drug-likeness (QED) is 0.301. The van der Waals surface area contributed by atoms with Crippen LogP contribution in [0.25, 0.3) is 0 Å². The van der Waals surface area contributed by atoms with Gasteiger partial charge in [0.1, 0.15) is 49.8 Å². The first-order chi connectivity index (χ1) is 18.5. The van der Waals surface area contributed by atoms with E-state index in [2.05, 4.69) is 48.8 Å². The monoisotopic (exact) mass is 523 g/mol. The molecule has 2 aromatic rings. The topological polar surface area (TPSA) is 105 Å². The summed E-state index contributed by atoms with van der Waals surface area (Å²) in [5, 5.41) is 1.85. The Balaban J connectivity index is 1.38. The number of carbonyl (C=O) groups excluding carboxylic acids is 4. The van der Waals surface area contributed by atoms with E-state index in [1.807, 2.05) is 18.8 Å². The van der Waals surface area contributed by atoms with Crippen molar-refractivity contribution in [2.75, 3.05) is 19.8 Å². The van der Waals surface area contributed by atoms with Crippen LogP contribution in [0.5, 0.6) is 5.75 Å². The Bertz CT molecular complexity index is 1390. The van der Waals surface area contributed by atoms with Gasteiger partial charge in [-0.15, -0.1) is 0 Å². The van der Waals surface area contributed by atoms with Crippen LogP contribution in [0.1, 0.15) is 45.9 Å². The molecule has 4 amide bonds. The number of morpholine rings is 1. The minimum atomic E-state index is -0.674. The molecule has 3 heterocycles. The van der Waals surface area contributed by atoms with Gasteiger partial charge in [0.2, 0.25) is 17.7 Å². The summed E-state index contributed by atoms with van der Waals surface area (Å²) >= 11 is 0. The second kappa shape index (κ2) is 10.3. The van der Waals surface area contributed by atoms with Crippen molar-refractivity contribution in [3.8, 4) is 5.75 Å². The summed E-state index contributed by atoms with van der Waals surface area (Å²) in [5.74, 6) is -0.383. The minimum Gasteiger partial charge on any atom is -0.495 e. The Morgan fingerprint density at radius 2 is 1.85 bits per heavy atom. The number of amides is 4. The maximum Gasteiger partial charge on any atom is 0.255 e. The lowest BCUT2D eigenvalue weighted by Gasteiger charge is -2.43. The standard InChI is InChI=1S/C25H30B5N3O6/c26-20-13(4-5-15(21(20)27)25(29,30)33-8-9-38-11-19(33)35)22(28)39-17-3-1-2-12-14(17)10-32(24(12)37)16-6-7-18(34)31-23(16)36/h1-5,16,22H,6-11,26-30H2,(H,31,34,36). The van der Waals surface area contributed by atoms with Crippen LogP contribution in [0.15, 0.2) is 30.3 Å². The molecule has 14 heteroatoms. The first-order valence-electron chi connectivity index (χ1n) is 13.4. The number of benzene rings is 2. The Morgan fingerprint density at radius 1 is 1.08 bits per heavy atom. The summed E-state index contributed by atoms with van der Waals surface area (Å²) in [6.45, 7) is 1.44. The number of nitrogens with one attached hydrogen (secondary N) is 1. The van der Waals surface area contributed by atoms with Crippen molar-refractivity contribution in [3.05, 3.63) is 52.6 Å². The van der Waals surface area contributed by atoms with E-state index in [0.29, 0.717) is 30.9 Å².